The number of aliphatic carboxylic acids is 1. The van der Waals surface area contributed by atoms with Crippen molar-refractivity contribution in [2.75, 3.05) is 26.2 Å². The molecule has 0 aliphatic carbocycles. The van der Waals surface area contributed by atoms with Gasteiger partial charge in [0.2, 0.25) is 5.91 Å². The van der Waals surface area contributed by atoms with Crippen LogP contribution in [0.4, 0.5) is 0 Å². The predicted octanol–water partition coefficient (Wildman–Crippen LogP) is 2.63. The van der Waals surface area contributed by atoms with Gasteiger partial charge in [-0.25, -0.2) is 0 Å². The van der Waals surface area contributed by atoms with Crippen molar-refractivity contribution in [3.05, 3.63) is 34.9 Å². The maximum absolute atomic E-state index is 12.3. The van der Waals surface area contributed by atoms with Crippen molar-refractivity contribution >= 4 is 23.5 Å². The van der Waals surface area contributed by atoms with Gasteiger partial charge in [-0.2, -0.15) is 0 Å². The Bertz CT molecular complexity index is 527. The SMILES string of the molecule is O=C(O)CCC(=O)N(CCN1CCCC1)Cc1ccc(Cl)cc1. The lowest BCUT2D eigenvalue weighted by Crippen LogP contribution is -2.37. The van der Waals surface area contributed by atoms with Crippen molar-refractivity contribution in [3.63, 3.8) is 0 Å². The van der Waals surface area contributed by atoms with Crippen molar-refractivity contribution in [2.45, 2.75) is 32.2 Å². The number of carbonyl (C=O) groups is 2. The molecule has 6 heteroatoms. The average molecular weight is 339 g/mol. The molecule has 1 amide bonds. The van der Waals surface area contributed by atoms with E-state index in [4.69, 9.17) is 16.7 Å². The Morgan fingerprint density at radius 2 is 1.78 bits per heavy atom. The maximum Gasteiger partial charge on any atom is 0.303 e. The number of carbonyl (C=O) groups excluding carboxylic acids is 1. The van der Waals surface area contributed by atoms with Gasteiger partial charge in [-0.1, -0.05) is 23.7 Å². The van der Waals surface area contributed by atoms with Crippen molar-refractivity contribution in [1.29, 1.82) is 0 Å². The number of likely N-dealkylation sites (tertiary alicyclic amines) is 1. The molecule has 0 atom stereocenters. The number of rotatable bonds is 8. The zero-order valence-corrected chi connectivity index (χ0v) is 14.0. The quantitative estimate of drug-likeness (QED) is 0.791. The summed E-state index contributed by atoms with van der Waals surface area (Å²) < 4.78 is 0. The summed E-state index contributed by atoms with van der Waals surface area (Å²) in [7, 11) is 0. The van der Waals surface area contributed by atoms with E-state index in [0.717, 1.165) is 25.2 Å². The van der Waals surface area contributed by atoms with Crippen LogP contribution >= 0.6 is 11.6 Å². The van der Waals surface area contributed by atoms with Gasteiger partial charge >= 0.3 is 5.97 Å². The molecule has 0 saturated carbocycles. The largest absolute Gasteiger partial charge is 0.481 e. The Labute approximate surface area is 141 Å². The molecular weight excluding hydrogens is 316 g/mol. The van der Waals surface area contributed by atoms with Crippen molar-refractivity contribution < 1.29 is 14.7 Å². The van der Waals surface area contributed by atoms with Crippen LogP contribution in [0.1, 0.15) is 31.2 Å². The lowest BCUT2D eigenvalue weighted by atomic mass is 10.2. The molecule has 23 heavy (non-hydrogen) atoms. The first-order chi connectivity index (χ1) is 11.0. The molecule has 0 spiro atoms. The highest BCUT2D eigenvalue weighted by atomic mass is 35.5. The summed E-state index contributed by atoms with van der Waals surface area (Å²) in [6, 6.07) is 7.40. The second-order valence-corrected chi connectivity index (χ2v) is 6.32. The van der Waals surface area contributed by atoms with Crippen molar-refractivity contribution in [3.8, 4) is 0 Å². The summed E-state index contributed by atoms with van der Waals surface area (Å²) in [6.45, 7) is 4.12. The van der Waals surface area contributed by atoms with Crippen molar-refractivity contribution in [2.24, 2.45) is 0 Å². The number of amides is 1. The minimum absolute atomic E-state index is 0.0446. The van der Waals surface area contributed by atoms with Gasteiger partial charge in [0.25, 0.3) is 0 Å². The molecule has 0 radical (unpaired) electrons. The normalized spacial score (nSPS) is 14.8. The number of hydrogen-bond donors (Lipinski definition) is 1. The third-order valence-corrected chi connectivity index (χ3v) is 4.33. The van der Waals surface area contributed by atoms with Crippen molar-refractivity contribution in [1.82, 2.24) is 9.80 Å². The molecule has 0 aromatic heterocycles. The smallest absolute Gasteiger partial charge is 0.303 e. The van der Waals surface area contributed by atoms with Crippen LogP contribution < -0.4 is 0 Å². The second-order valence-electron chi connectivity index (χ2n) is 5.88. The lowest BCUT2D eigenvalue weighted by molar-refractivity contribution is -0.141. The first-order valence-electron chi connectivity index (χ1n) is 8.01. The van der Waals surface area contributed by atoms with E-state index in [1.165, 1.54) is 12.8 Å². The Morgan fingerprint density at radius 3 is 2.39 bits per heavy atom. The third-order valence-electron chi connectivity index (χ3n) is 4.08. The molecule has 1 heterocycles. The molecule has 1 aromatic rings. The monoisotopic (exact) mass is 338 g/mol. The number of carboxylic acid groups (broad SMARTS) is 1. The highest BCUT2D eigenvalue weighted by Gasteiger charge is 2.18. The average Bonchev–Trinajstić information content (AvgIpc) is 3.04. The molecule has 1 aliphatic heterocycles. The van der Waals surface area contributed by atoms with Gasteiger partial charge in [0.05, 0.1) is 6.42 Å². The summed E-state index contributed by atoms with van der Waals surface area (Å²) >= 11 is 5.89. The summed E-state index contributed by atoms with van der Waals surface area (Å²) in [5.41, 5.74) is 1.000. The van der Waals surface area contributed by atoms with Gasteiger partial charge in [0.1, 0.15) is 0 Å². The van der Waals surface area contributed by atoms with E-state index in [9.17, 15) is 9.59 Å². The van der Waals surface area contributed by atoms with Crippen LogP contribution in [0.3, 0.4) is 0 Å². The van der Waals surface area contributed by atoms with Gasteiger partial charge < -0.3 is 14.9 Å². The number of nitrogens with zero attached hydrogens (tertiary/aromatic N) is 2. The number of halogens is 1. The molecule has 1 fully saturated rings. The molecule has 1 aliphatic rings. The summed E-state index contributed by atoms with van der Waals surface area (Å²) in [5, 5.41) is 9.43. The Hall–Kier alpha value is -1.59. The van der Waals surface area contributed by atoms with Crippen LogP contribution in [0.5, 0.6) is 0 Å². The zero-order chi connectivity index (χ0) is 16.7. The molecule has 0 bridgehead atoms. The highest BCUT2D eigenvalue weighted by molar-refractivity contribution is 6.30. The lowest BCUT2D eigenvalue weighted by Gasteiger charge is -2.25. The van der Waals surface area contributed by atoms with E-state index in [1.807, 2.05) is 12.1 Å². The van der Waals surface area contributed by atoms with Crippen LogP contribution in [0, 0.1) is 0 Å². The van der Waals surface area contributed by atoms with E-state index < -0.39 is 5.97 Å². The van der Waals surface area contributed by atoms with Gasteiger partial charge in [-0.3, -0.25) is 9.59 Å². The third kappa shape index (κ3) is 6.20. The van der Waals surface area contributed by atoms with Gasteiger partial charge in [0.15, 0.2) is 0 Å². The summed E-state index contributed by atoms with van der Waals surface area (Å²) in [4.78, 5) is 27.1. The Balaban J connectivity index is 1.95. The molecule has 1 N–H and O–H groups in total. The fourth-order valence-corrected chi connectivity index (χ4v) is 2.87. The van der Waals surface area contributed by atoms with Gasteiger partial charge in [0, 0.05) is 31.1 Å². The zero-order valence-electron chi connectivity index (χ0n) is 13.2. The Morgan fingerprint density at radius 1 is 1.13 bits per heavy atom. The maximum atomic E-state index is 12.3. The Kier molecular flexibility index (Phi) is 6.86. The van der Waals surface area contributed by atoms with Crippen LogP contribution in [0.15, 0.2) is 24.3 Å². The van der Waals surface area contributed by atoms with E-state index in [2.05, 4.69) is 4.90 Å². The molecule has 2 rings (SSSR count). The molecule has 126 valence electrons. The summed E-state index contributed by atoms with van der Waals surface area (Å²) in [6.07, 6.45) is 2.34. The number of benzene rings is 1. The van der Waals surface area contributed by atoms with Crippen LogP contribution in [0.2, 0.25) is 5.02 Å². The topological polar surface area (TPSA) is 60.9 Å². The number of hydrogen-bond acceptors (Lipinski definition) is 3. The van der Waals surface area contributed by atoms with Gasteiger partial charge in [-0.05, 0) is 43.6 Å². The first-order valence-corrected chi connectivity index (χ1v) is 8.39. The van der Waals surface area contributed by atoms with E-state index >= 15 is 0 Å². The standard InChI is InChI=1S/C17H23ClN2O3/c18-15-5-3-14(4-6-15)13-20(16(21)7-8-17(22)23)12-11-19-9-1-2-10-19/h3-6H,1-2,7-13H2,(H,22,23). The highest BCUT2D eigenvalue weighted by Crippen LogP contribution is 2.13. The molecule has 1 saturated heterocycles. The van der Waals surface area contributed by atoms with Gasteiger partial charge in [-0.15, -0.1) is 0 Å². The second kappa shape index (κ2) is 8.89. The minimum atomic E-state index is -0.940. The first kappa shape index (κ1) is 17.8. The molecule has 1 aromatic carbocycles. The fraction of sp³-hybridized carbons (Fsp3) is 0.529. The molecule has 0 unspecified atom stereocenters. The van der Waals surface area contributed by atoms with E-state index in [0.29, 0.717) is 18.1 Å². The summed E-state index contributed by atoms with van der Waals surface area (Å²) in [5.74, 6) is -1.05. The fourth-order valence-electron chi connectivity index (χ4n) is 2.74. The predicted molar refractivity (Wildman–Crippen MR) is 89.4 cm³/mol. The van der Waals surface area contributed by atoms with Crippen LogP contribution in [0.25, 0.3) is 0 Å². The van der Waals surface area contributed by atoms with Crippen LogP contribution in [-0.4, -0.2) is 53.0 Å². The minimum Gasteiger partial charge on any atom is -0.481 e. The van der Waals surface area contributed by atoms with Crippen LogP contribution in [-0.2, 0) is 16.1 Å². The van der Waals surface area contributed by atoms with E-state index in [-0.39, 0.29) is 18.7 Å². The van der Waals surface area contributed by atoms with E-state index in [1.54, 1.807) is 17.0 Å². The molecular formula is C17H23ClN2O3. The number of carboxylic acids is 1. The molecule has 5 nitrogen and oxygen atoms in total.